The minimum absolute atomic E-state index is 0.00215. The lowest BCUT2D eigenvalue weighted by atomic mass is 10.2. The molecule has 0 aliphatic rings. The van der Waals surface area contributed by atoms with Crippen LogP contribution in [0.3, 0.4) is 0 Å². The summed E-state index contributed by atoms with van der Waals surface area (Å²) in [6.45, 7) is -0.253. The van der Waals surface area contributed by atoms with E-state index in [1.165, 1.54) is 27.3 Å². The molecule has 0 fully saturated rings. The van der Waals surface area contributed by atoms with Gasteiger partial charge in [0.15, 0.2) is 0 Å². The second kappa shape index (κ2) is 8.83. The van der Waals surface area contributed by atoms with E-state index in [1.807, 2.05) is 0 Å². The number of amides is 1. The first-order valence-corrected chi connectivity index (χ1v) is 9.42. The molecular weight excluding hydrogens is 375 g/mol. The van der Waals surface area contributed by atoms with Crippen molar-refractivity contribution in [1.29, 1.82) is 0 Å². The molecule has 0 unspecified atom stereocenters. The molecule has 0 bridgehead atoms. The van der Waals surface area contributed by atoms with E-state index in [-0.39, 0.29) is 17.2 Å². The fourth-order valence-electron chi connectivity index (χ4n) is 2.41. The predicted octanol–water partition coefficient (Wildman–Crippen LogP) is 1.78. The van der Waals surface area contributed by atoms with Crippen LogP contribution >= 0.6 is 0 Å². The van der Waals surface area contributed by atoms with Gasteiger partial charge in [0, 0.05) is 19.2 Å². The number of para-hydroxylation sites is 1. The predicted molar refractivity (Wildman–Crippen MR) is 97.6 cm³/mol. The number of hydrogen-bond donors (Lipinski definition) is 1. The molecule has 0 saturated carbocycles. The Morgan fingerprint density at radius 2 is 1.78 bits per heavy atom. The van der Waals surface area contributed by atoms with Crippen LogP contribution < -0.4 is 14.8 Å². The highest BCUT2D eigenvalue weighted by Crippen LogP contribution is 2.26. The number of nitrogens with zero attached hydrogens (tertiary/aromatic N) is 1. The molecule has 2 rings (SSSR count). The lowest BCUT2D eigenvalue weighted by Crippen LogP contribution is -2.38. The molecule has 0 aliphatic carbocycles. The van der Waals surface area contributed by atoms with Crippen LogP contribution in [0, 0.1) is 5.82 Å². The van der Waals surface area contributed by atoms with Gasteiger partial charge in [-0.15, -0.1) is 0 Å². The Kier molecular flexibility index (Phi) is 6.75. The van der Waals surface area contributed by atoms with E-state index in [2.05, 4.69) is 5.32 Å². The van der Waals surface area contributed by atoms with E-state index in [1.54, 1.807) is 24.3 Å². The van der Waals surface area contributed by atoms with Gasteiger partial charge in [-0.05, 0) is 24.3 Å². The van der Waals surface area contributed by atoms with Crippen molar-refractivity contribution >= 4 is 15.9 Å². The van der Waals surface area contributed by atoms with E-state index >= 15 is 0 Å². The van der Waals surface area contributed by atoms with Crippen LogP contribution in [0.1, 0.15) is 5.56 Å². The standard InChI is InChI=1S/C18H21FN2O5S/c1-21(27(23,24)17-10-14(19)8-9-16(17)26-3)12-18(22)20-11-13-6-4-5-7-15(13)25-2/h4-10H,11-12H2,1-3H3,(H,20,22). The number of carbonyl (C=O) groups is 1. The SMILES string of the molecule is COc1ccccc1CNC(=O)CN(C)S(=O)(=O)c1cc(F)ccc1OC. The third kappa shape index (κ3) is 4.95. The average Bonchev–Trinajstić information content (AvgIpc) is 2.66. The molecule has 0 atom stereocenters. The molecule has 146 valence electrons. The van der Waals surface area contributed by atoms with Gasteiger partial charge in [-0.2, -0.15) is 4.31 Å². The second-order valence-corrected chi connectivity index (χ2v) is 7.66. The van der Waals surface area contributed by atoms with Crippen LogP contribution in [0.25, 0.3) is 0 Å². The number of likely N-dealkylation sites (N-methyl/N-ethyl adjacent to an activating group) is 1. The first-order chi connectivity index (χ1) is 12.8. The number of methoxy groups -OCH3 is 2. The number of rotatable bonds is 8. The molecule has 2 aromatic rings. The molecule has 0 spiro atoms. The summed E-state index contributed by atoms with van der Waals surface area (Å²) in [6.07, 6.45) is 0. The zero-order valence-corrected chi connectivity index (χ0v) is 16.0. The van der Waals surface area contributed by atoms with Crippen LogP contribution in [0.15, 0.2) is 47.4 Å². The van der Waals surface area contributed by atoms with Gasteiger partial charge in [-0.1, -0.05) is 18.2 Å². The summed E-state index contributed by atoms with van der Waals surface area (Å²) in [5, 5.41) is 2.64. The van der Waals surface area contributed by atoms with E-state index in [0.29, 0.717) is 5.75 Å². The topological polar surface area (TPSA) is 84.9 Å². The summed E-state index contributed by atoms with van der Waals surface area (Å²) in [5.41, 5.74) is 0.755. The van der Waals surface area contributed by atoms with Gasteiger partial charge in [-0.25, -0.2) is 12.8 Å². The van der Waals surface area contributed by atoms with Crippen molar-refractivity contribution in [3.63, 3.8) is 0 Å². The molecule has 0 radical (unpaired) electrons. The summed E-state index contributed by atoms with van der Waals surface area (Å²) >= 11 is 0. The number of sulfonamides is 1. The van der Waals surface area contributed by atoms with E-state index in [9.17, 15) is 17.6 Å². The second-order valence-electron chi connectivity index (χ2n) is 5.64. The first-order valence-electron chi connectivity index (χ1n) is 7.98. The van der Waals surface area contributed by atoms with Crippen LogP contribution in [0.2, 0.25) is 0 Å². The zero-order valence-electron chi connectivity index (χ0n) is 15.2. The summed E-state index contributed by atoms with van der Waals surface area (Å²) in [4.78, 5) is 11.8. The molecule has 0 aliphatic heterocycles. The molecule has 7 nitrogen and oxygen atoms in total. The van der Waals surface area contributed by atoms with E-state index in [4.69, 9.17) is 9.47 Å². The highest BCUT2D eigenvalue weighted by atomic mass is 32.2. The zero-order chi connectivity index (χ0) is 20.0. The fourth-order valence-corrected chi connectivity index (χ4v) is 3.70. The summed E-state index contributed by atoms with van der Waals surface area (Å²) in [5.74, 6) is -0.619. The van der Waals surface area contributed by atoms with Crippen LogP contribution in [0.4, 0.5) is 4.39 Å². The normalized spacial score (nSPS) is 11.3. The van der Waals surface area contributed by atoms with Crippen molar-refractivity contribution in [3.05, 3.63) is 53.8 Å². The fraction of sp³-hybridized carbons (Fsp3) is 0.278. The van der Waals surface area contributed by atoms with Crippen LogP contribution in [0.5, 0.6) is 11.5 Å². The van der Waals surface area contributed by atoms with E-state index < -0.39 is 28.3 Å². The van der Waals surface area contributed by atoms with Crippen molar-refractivity contribution < 1.29 is 27.1 Å². The van der Waals surface area contributed by atoms with Crippen molar-refractivity contribution in [3.8, 4) is 11.5 Å². The average molecular weight is 396 g/mol. The number of halogens is 1. The number of nitrogens with one attached hydrogen (secondary N) is 1. The first kappa shape index (κ1) is 20.7. The van der Waals surface area contributed by atoms with Crippen molar-refractivity contribution in [2.45, 2.75) is 11.4 Å². The molecule has 2 aromatic carbocycles. The molecular formula is C18H21FN2O5S. The third-order valence-electron chi connectivity index (χ3n) is 3.85. The smallest absolute Gasteiger partial charge is 0.247 e. The Morgan fingerprint density at radius 1 is 1.11 bits per heavy atom. The van der Waals surface area contributed by atoms with Crippen molar-refractivity contribution in [2.24, 2.45) is 0 Å². The Labute approximate surface area is 157 Å². The minimum atomic E-state index is -4.11. The maximum Gasteiger partial charge on any atom is 0.247 e. The van der Waals surface area contributed by atoms with Gasteiger partial charge < -0.3 is 14.8 Å². The van der Waals surface area contributed by atoms with Gasteiger partial charge in [0.1, 0.15) is 22.2 Å². The van der Waals surface area contributed by atoms with Gasteiger partial charge in [-0.3, -0.25) is 4.79 Å². The highest BCUT2D eigenvalue weighted by molar-refractivity contribution is 7.89. The van der Waals surface area contributed by atoms with Crippen LogP contribution in [-0.2, 0) is 21.4 Å². The van der Waals surface area contributed by atoms with Gasteiger partial charge in [0.05, 0.1) is 20.8 Å². The molecule has 9 heteroatoms. The minimum Gasteiger partial charge on any atom is -0.496 e. The molecule has 1 N–H and O–H groups in total. The summed E-state index contributed by atoms with van der Waals surface area (Å²) in [6, 6.07) is 10.3. The maximum absolute atomic E-state index is 13.5. The summed E-state index contributed by atoms with van der Waals surface area (Å²) < 4.78 is 49.8. The van der Waals surface area contributed by atoms with Gasteiger partial charge in [0.25, 0.3) is 0 Å². The lowest BCUT2D eigenvalue weighted by molar-refractivity contribution is -0.121. The maximum atomic E-state index is 13.5. The monoisotopic (exact) mass is 396 g/mol. The molecule has 0 heterocycles. The largest absolute Gasteiger partial charge is 0.496 e. The Morgan fingerprint density at radius 3 is 2.44 bits per heavy atom. The third-order valence-corrected chi connectivity index (χ3v) is 5.67. The summed E-state index contributed by atoms with van der Waals surface area (Å²) in [7, 11) is -0.0687. The quantitative estimate of drug-likeness (QED) is 0.735. The molecule has 0 saturated heterocycles. The Balaban J connectivity index is 2.08. The molecule has 27 heavy (non-hydrogen) atoms. The highest BCUT2D eigenvalue weighted by Gasteiger charge is 2.27. The Hall–Kier alpha value is -2.65. The number of hydrogen-bond acceptors (Lipinski definition) is 5. The van der Waals surface area contributed by atoms with Crippen molar-refractivity contribution in [1.82, 2.24) is 9.62 Å². The lowest BCUT2D eigenvalue weighted by Gasteiger charge is -2.18. The molecule has 0 aromatic heterocycles. The van der Waals surface area contributed by atoms with E-state index in [0.717, 1.165) is 22.0 Å². The van der Waals surface area contributed by atoms with Gasteiger partial charge >= 0.3 is 0 Å². The number of carbonyl (C=O) groups excluding carboxylic acids is 1. The van der Waals surface area contributed by atoms with Crippen molar-refractivity contribution in [2.75, 3.05) is 27.8 Å². The molecule has 1 amide bonds. The number of ether oxygens (including phenoxy) is 2. The van der Waals surface area contributed by atoms with Gasteiger partial charge in [0.2, 0.25) is 15.9 Å². The number of benzene rings is 2. The Bertz CT molecular complexity index is 918. The van der Waals surface area contributed by atoms with Crippen LogP contribution in [-0.4, -0.2) is 46.4 Å².